The van der Waals surface area contributed by atoms with Crippen molar-refractivity contribution in [2.45, 2.75) is 0 Å². The largest absolute Gasteiger partial charge is 0.392 e. The van der Waals surface area contributed by atoms with Crippen molar-refractivity contribution in [1.82, 2.24) is 10.3 Å². The van der Waals surface area contributed by atoms with Crippen molar-refractivity contribution < 1.29 is 9.59 Å². The van der Waals surface area contributed by atoms with E-state index in [-0.39, 0.29) is 11.5 Å². The third-order valence-electron chi connectivity index (χ3n) is 2.51. The average molecular weight is 288 g/mol. The van der Waals surface area contributed by atoms with Crippen LogP contribution in [0.5, 0.6) is 0 Å². The van der Waals surface area contributed by atoms with Crippen LogP contribution in [0.4, 0.5) is 5.69 Å². The van der Waals surface area contributed by atoms with Crippen molar-refractivity contribution in [2.24, 2.45) is 5.73 Å². The first-order valence-electron chi connectivity index (χ1n) is 5.79. The van der Waals surface area contributed by atoms with Gasteiger partial charge in [0.2, 0.25) is 0 Å². The van der Waals surface area contributed by atoms with Gasteiger partial charge in [0, 0.05) is 11.6 Å². The van der Waals surface area contributed by atoms with Crippen LogP contribution < -0.4 is 16.4 Å². The van der Waals surface area contributed by atoms with Crippen molar-refractivity contribution in [2.75, 3.05) is 11.9 Å². The number of amides is 2. The van der Waals surface area contributed by atoms with E-state index in [1.165, 1.54) is 0 Å². The molecule has 0 aliphatic heterocycles. The van der Waals surface area contributed by atoms with Crippen LogP contribution in [0.25, 0.3) is 10.9 Å². The van der Waals surface area contributed by atoms with Gasteiger partial charge in [-0.05, 0) is 12.1 Å². The van der Waals surface area contributed by atoms with Crippen molar-refractivity contribution >= 4 is 45.6 Å². The highest BCUT2D eigenvalue weighted by Gasteiger charge is 2.14. The summed E-state index contributed by atoms with van der Waals surface area (Å²) >= 11 is 4.61. The number of fused-ring (bicyclic) bond motifs is 1. The van der Waals surface area contributed by atoms with Gasteiger partial charge in [-0.2, -0.15) is 0 Å². The number of carbonyl (C=O) groups is 2. The van der Waals surface area contributed by atoms with Crippen molar-refractivity contribution in [3.8, 4) is 0 Å². The van der Waals surface area contributed by atoms with E-state index in [1.807, 2.05) is 12.1 Å². The van der Waals surface area contributed by atoms with Gasteiger partial charge in [0.25, 0.3) is 0 Å². The van der Waals surface area contributed by atoms with Crippen LogP contribution in [0.3, 0.4) is 0 Å². The minimum Gasteiger partial charge on any atom is -0.392 e. The van der Waals surface area contributed by atoms with Gasteiger partial charge in [0.15, 0.2) is 0 Å². The first kappa shape index (κ1) is 13.9. The van der Waals surface area contributed by atoms with Gasteiger partial charge in [-0.25, -0.2) is 0 Å². The Morgan fingerprint density at radius 2 is 1.95 bits per heavy atom. The van der Waals surface area contributed by atoms with Crippen LogP contribution in [0, 0.1) is 0 Å². The summed E-state index contributed by atoms with van der Waals surface area (Å²) in [6.45, 7) is -0.0185. The zero-order valence-corrected chi connectivity index (χ0v) is 11.2. The Balaban J connectivity index is 2.14. The average Bonchev–Trinajstić information content (AvgIpc) is 2.45. The van der Waals surface area contributed by atoms with Crippen molar-refractivity contribution in [1.29, 1.82) is 0 Å². The minimum atomic E-state index is -0.800. The maximum absolute atomic E-state index is 11.7. The van der Waals surface area contributed by atoms with E-state index in [2.05, 4.69) is 27.8 Å². The van der Waals surface area contributed by atoms with Crippen molar-refractivity contribution in [3.63, 3.8) is 0 Å². The maximum Gasteiger partial charge on any atom is 0.313 e. The highest BCUT2D eigenvalue weighted by Crippen LogP contribution is 2.20. The topological polar surface area (TPSA) is 97.1 Å². The molecule has 1 aromatic heterocycles. The summed E-state index contributed by atoms with van der Waals surface area (Å²) < 4.78 is 0. The highest BCUT2D eigenvalue weighted by atomic mass is 32.1. The summed E-state index contributed by atoms with van der Waals surface area (Å²) in [6, 6.07) is 8.97. The summed E-state index contributed by atoms with van der Waals surface area (Å²) in [6.07, 6.45) is 1.62. The molecule has 2 amide bonds. The number of pyridine rings is 1. The molecule has 6 nitrogen and oxygen atoms in total. The number of hydrogen-bond donors (Lipinski definition) is 3. The molecular formula is C13H12N4O2S. The SMILES string of the molecule is NC(=S)CNC(=O)C(=O)Nc1cccc2cccnc12. The number of nitrogens with one attached hydrogen (secondary N) is 2. The van der Waals surface area contributed by atoms with Crippen LogP contribution in [-0.2, 0) is 9.59 Å². The molecule has 0 fully saturated rings. The maximum atomic E-state index is 11.7. The van der Waals surface area contributed by atoms with E-state index in [0.717, 1.165) is 5.39 Å². The molecule has 0 atom stereocenters. The molecule has 2 aromatic rings. The van der Waals surface area contributed by atoms with E-state index < -0.39 is 11.8 Å². The van der Waals surface area contributed by atoms with Crippen LogP contribution in [0.1, 0.15) is 0 Å². The van der Waals surface area contributed by atoms with Gasteiger partial charge in [0.05, 0.1) is 22.7 Å². The number of carbonyl (C=O) groups excluding carboxylic acids is 2. The number of benzene rings is 1. The van der Waals surface area contributed by atoms with E-state index >= 15 is 0 Å². The molecule has 0 aliphatic rings. The number of anilines is 1. The predicted molar refractivity (Wildman–Crippen MR) is 80.2 cm³/mol. The smallest absolute Gasteiger partial charge is 0.313 e. The lowest BCUT2D eigenvalue weighted by Gasteiger charge is -2.08. The van der Waals surface area contributed by atoms with Crippen molar-refractivity contribution in [3.05, 3.63) is 36.5 Å². The van der Waals surface area contributed by atoms with E-state index in [1.54, 1.807) is 24.4 Å². The first-order chi connectivity index (χ1) is 9.58. The molecule has 102 valence electrons. The molecule has 2 rings (SSSR count). The number of rotatable bonds is 3. The third-order valence-corrected chi connectivity index (χ3v) is 2.65. The van der Waals surface area contributed by atoms with Gasteiger partial charge < -0.3 is 16.4 Å². The Morgan fingerprint density at radius 1 is 1.20 bits per heavy atom. The molecule has 0 aliphatic carbocycles. The fraction of sp³-hybridized carbons (Fsp3) is 0.0769. The second-order valence-corrected chi connectivity index (χ2v) is 4.51. The Kier molecular flexibility index (Phi) is 4.21. The molecule has 1 heterocycles. The second kappa shape index (κ2) is 6.07. The molecule has 0 spiro atoms. The van der Waals surface area contributed by atoms with E-state index in [4.69, 9.17) is 5.73 Å². The number of nitrogens with zero attached hydrogens (tertiary/aromatic N) is 1. The number of thiocarbonyl (C=S) groups is 1. The van der Waals surface area contributed by atoms with Gasteiger partial charge in [-0.15, -0.1) is 0 Å². The molecule has 20 heavy (non-hydrogen) atoms. The third kappa shape index (κ3) is 3.27. The number of nitrogens with two attached hydrogens (primary N) is 1. The van der Waals surface area contributed by atoms with Crippen LogP contribution in [-0.4, -0.2) is 28.3 Å². The molecule has 1 aromatic carbocycles. The Morgan fingerprint density at radius 3 is 2.70 bits per heavy atom. The van der Waals surface area contributed by atoms with E-state index in [9.17, 15) is 9.59 Å². The molecule has 0 radical (unpaired) electrons. The Labute approximate surface area is 120 Å². The van der Waals surface area contributed by atoms with Gasteiger partial charge in [-0.1, -0.05) is 30.4 Å². The molecule has 0 unspecified atom stereocenters. The second-order valence-electron chi connectivity index (χ2n) is 3.98. The summed E-state index contributed by atoms with van der Waals surface area (Å²) in [5, 5.41) is 5.69. The van der Waals surface area contributed by atoms with Crippen LogP contribution in [0.15, 0.2) is 36.5 Å². The Bertz CT molecular complexity index is 682. The van der Waals surface area contributed by atoms with Gasteiger partial charge in [0.1, 0.15) is 0 Å². The van der Waals surface area contributed by atoms with Crippen LogP contribution in [0.2, 0.25) is 0 Å². The van der Waals surface area contributed by atoms with Crippen LogP contribution >= 0.6 is 12.2 Å². The lowest BCUT2D eigenvalue weighted by molar-refractivity contribution is -0.135. The lowest BCUT2D eigenvalue weighted by atomic mass is 10.2. The molecule has 0 saturated heterocycles. The molecule has 0 bridgehead atoms. The summed E-state index contributed by atoms with van der Waals surface area (Å²) in [5.74, 6) is -1.59. The highest BCUT2D eigenvalue weighted by molar-refractivity contribution is 7.80. The fourth-order valence-corrected chi connectivity index (χ4v) is 1.70. The standard InChI is InChI=1S/C13H12N4O2S/c14-10(20)7-16-12(18)13(19)17-9-5-1-3-8-4-2-6-15-11(8)9/h1-6H,7H2,(H2,14,20)(H,16,18)(H,17,19). The zero-order valence-electron chi connectivity index (χ0n) is 10.4. The summed E-state index contributed by atoms with van der Waals surface area (Å²) in [4.78, 5) is 27.6. The summed E-state index contributed by atoms with van der Waals surface area (Å²) in [5.41, 5.74) is 6.33. The number of hydrogen-bond acceptors (Lipinski definition) is 4. The molecule has 4 N–H and O–H groups in total. The fourth-order valence-electron chi connectivity index (χ4n) is 1.63. The Hall–Kier alpha value is -2.54. The quantitative estimate of drug-likeness (QED) is 0.567. The molecule has 7 heteroatoms. The van der Waals surface area contributed by atoms with Gasteiger partial charge in [-0.3, -0.25) is 14.6 Å². The minimum absolute atomic E-state index is 0.0185. The van der Waals surface area contributed by atoms with Gasteiger partial charge >= 0.3 is 11.8 Å². The zero-order chi connectivity index (χ0) is 14.5. The number of para-hydroxylation sites is 1. The predicted octanol–water partition coefficient (Wildman–Crippen LogP) is 0.576. The number of aromatic nitrogens is 1. The van der Waals surface area contributed by atoms with E-state index in [0.29, 0.717) is 11.2 Å². The normalized spacial score (nSPS) is 10.0. The first-order valence-corrected chi connectivity index (χ1v) is 6.20. The molecule has 0 saturated carbocycles. The monoisotopic (exact) mass is 288 g/mol. The summed E-state index contributed by atoms with van der Waals surface area (Å²) in [7, 11) is 0. The molecular weight excluding hydrogens is 276 g/mol. The lowest BCUT2D eigenvalue weighted by Crippen LogP contribution is -2.39.